The molecule has 0 bridgehead atoms. The summed E-state index contributed by atoms with van der Waals surface area (Å²) in [4.78, 5) is 12.9. The molecule has 1 N–H and O–H groups in total. The maximum absolute atomic E-state index is 13.6. The van der Waals surface area contributed by atoms with E-state index < -0.39 is 0 Å². The van der Waals surface area contributed by atoms with Crippen LogP contribution in [0.5, 0.6) is 0 Å². The Morgan fingerprint density at radius 2 is 1.73 bits per heavy atom. The van der Waals surface area contributed by atoms with Gasteiger partial charge < -0.3 is 9.88 Å². The van der Waals surface area contributed by atoms with Gasteiger partial charge in [0.1, 0.15) is 5.82 Å². The van der Waals surface area contributed by atoms with E-state index in [9.17, 15) is 9.18 Å². The number of aryl methyl sites for hydroxylation is 1. The fraction of sp³-hybridized carbons (Fsp3) is 0.174. The first-order valence-electron chi connectivity index (χ1n) is 9.81. The third kappa shape index (κ3) is 4.30. The highest BCUT2D eigenvalue weighted by Gasteiger charge is 2.21. The molecule has 0 aliphatic rings. The Hall–Kier alpha value is -3.74. The quantitative estimate of drug-likeness (QED) is 0.511. The largest absolute Gasteiger partial charge is 0.346 e. The Balaban J connectivity index is 1.57. The second kappa shape index (κ2) is 8.73. The Morgan fingerprint density at radius 3 is 2.43 bits per heavy atom. The van der Waals surface area contributed by atoms with Crippen molar-refractivity contribution < 1.29 is 9.18 Å². The summed E-state index contributed by atoms with van der Waals surface area (Å²) >= 11 is 0. The van der Waals surface area contributed by atoms with E-state index in [4.69, 9.17) is 0 Å². The number of amides is 1. The summed E-state index contributed by atoms with van der Waals surface area (Å²) in [5.41, 5.74) is 3.21. The van der Waals surface area contributed by atoms with Crippen LogP contribution in [0.25, 0.3) is 5.82 Å². The van der Waals surface area contributed by atoms with Gasteiger partial charge in [-0.15, -0.1) is 5.10 Å². The maximum Gasteiger partial charge on any atom is 0.276 e. The molecule has 2 heterocycles. The van der Waals surface area contributed by atoms with Crippen molar-refractivity contribution >= 4 is 5.91 Å². The average Bonchev–Trinajstić information content (AvgIpc) is 3.42. The van der Waals surface area contributed by atoms with Crippen molar-refractivity contribution in [1.82, 2.24) is 24.9 Å². The molecule has 0 unspecified atom stereocenters. The lowest BCUT2D eigenvalue weighted by Crippen LogP contribution is -2.25. The number of carbonyl (C=O) groups is 1. The topological polar surface area (TPSA) is 64.7 Å². The summed E-state index contributed by atoms with van der Waals surface area (Å²) in [6, 6.07) is 18.1. The van der Waals surface area contributed by atoms with Crippen LogP contribution in [0.15, 0.2) is 73.1 Å². The fourth-order valence-corrected chi connectivity index (χ4v) is 3.26. The molecule has 6 nitrogen and oxygen atoms in total. The SMILES string of the molecule is CCc1ccc(CNC(=O)c2nnn(Cc3cccc(F)c3)c2-n2cccc2)cc1. The number of hydrogen-bond acceptors (Lipinski definition) is 3. The first-order chi connectivity index (χ1) is 14.6. The Bertz CT molecular complexity index is 1130. The molecule has 0 fully saturated rings. The van der Waals surface area contributed by atoms with Gasteiger partial charge in [0.05, 0.1) is 6.54 Å². The van der Waals surface area contributed by atoms with Crippen molar-refractivity contribution in [3.8, 4) is 5.82 Å². The zero-order valence-corrected chi connectivity index (χ0v) is 16.6. The summed E-state index contributed by atoms with van der Waals surface area (Å²) in [6.07, 6.45) is 4.61. The molecule has 152 valence electrons. The van der Waals surface area contributed by atoms with Crippen LogP contribution in [-0.4, -0.2) is 25.5 Å². The van der Waals surface area contributed by atoms with Crippen molar-refractivity contribution in [2.45, 2.75) is 26.4 Å². The highest BCUT2D eigenvalue weighted by atomic mass is 19.1. The summed E-state index contributed by atoms with van der Waals surface area (Å²) in [7, 11) is 0. The molecule has 0 atom stereocenters. The van der Waals surface area contributed by atoms with Crippen LogP contribution in [0.1, 0.15) is 34.1 Å². The lowest BCUT2D eigenvalue weighted by molar-refractivity contribution is 0.0946. The number of halogens is 1. The lowest BCUT2D eigenvalue weighted by atomic mass is 10.1. The van der Waals surface area contributed by atoms with Crippen molar-refractivity contribution in [3.63, 3.8) is 0 Å². The number of aromatic nitrogens is 4. The van der Waals surface area contributed by atoms with Gasteiger partial charge in [0.15, 0.2) is 11.5 Å². The first-order valence-corrected chi connectivity index (χ1v) is 9.81. The molecule has 2 aromatic heterocycles. The third-order valence-corrected chi connectivity index (χ3v) is 4.88. The Kier molecular flexibility index (Phi) is 5.70. The molecule has 0 saturated carbocycles. The van der Waals surface area contributed by atoms with Crippen LogP contribution < -0.4 is 5.32 Å². The van der Waals surface area contributed by atoms with Crippen LogP contribution >= 0.6 is 0 Å². The van der Waals surface area contributed by atoms with Crippen LogP contribution in [0, 0.1) is 5.82 Å². The molecule has 1 amide bonds. The molecule has 0 aliphatic carbocycles. The highest BCUT2D eigenvalue weighted by Crippen LogP contribution is 2.16. The molecular weight excluding hydrogens is 381 g/mol. The number of nitrogens with one attached hydrogen (secondary N) is 1. The molecule has 0 aliphatic heterocycles. The van der Waals surface area contributed by atoms with Gasteiger partial charge in [0.25, 0.3) is 5.91 Å². The zero-order valence-electron chi connectivity index (χ0n) is 16.6. The minimum absolute atomic E-state index is 0.216. The Morgan fingerprint density at radius 1 is 1.00 bits per heavy atom. The number of benzene rings is 2. The van der Waals surface area contributed by atoms with Crippen LogP contribution in [0.3, 0.4) is 0 Å². The van der Waals surface area contributed by atoms with E-state index in [0.29, 0.717) is 18.9 Å². The van der Waals surface area contributed by atoms with E-state index in [0.717, 1.165) is 17.5 Å². The minimum Gasteiger partial charge on any atom is -0.346 e. The van der Waals surface area contributed by atoms with E-state index in [1.807, 2.05) is 42.7 Å². The van der Waals surface area contributed by atoms with Gasteiger partial charge in [0, 0.05) is 18.9 Å². The number of rotatable bonds is 7. The number of carbonyl (C=O) groups excluding carboxylic acids is 1. The lowest BCUT2D eigenvalue weighted by Gasteiger charge is -2.10. The molecule has 30 heavy (non-hydrogen) atoms. The average molecular weight is 403 g/mol. The van der Waals surface area contributed by atoms with Crippen LogP contribution in [0.4, 0.5) is 4.39 Å². The van der Waals surface area contributed by atoms with E-state index in [2.05, 4.69) is 34.7 Å². The van der Waals surface area contributed by atoms with Gasteiger partial charge in [-0.1, -0.05) is 48.5 Å². The molecular formula is C23H22FN5O. The van der Waals surface area contributed by atoms with E-state index in [1.54, 1.807) is 15.3 Å². The third-order valence-electron chi connectivity index (χ3n) is 4.88. The normalized spacial score (nSPS) is 10.9. The van der Waals surface area contributed by atoms with E-state index >= 15 is 0 Å². The van der Waals surface area contributed by atoms with Crippen molar-refractivity contribution in [2.75, 3.05) is 0 Å². The number of nitrogens with zero attached hydrogens (tertiary/aromatic N) is 4. The fourth-order valence-electron chi connectivity index (χ4n) is 3.26. The van der Waals surface area contributed by atoms with Crippen molar-refractivity contribution in [3.05, 3.63) is 101 Å². The summed E-state index contributed by atoms with van der Waals surface area (Å²) < 4.78 is 17.0. The van der Waals surface area contributed by atoms with Gasteiger partial charge >= 0.3 is 0 Å². The summed E-state index contributed by atoms with van der Waals surface area (Å²) in [5.74, 6) is -0.103. The second-order valence-electron chi connectivity index (χ2n) is 6.99. The zero-order chi connectivity index (χ0) is 20.9. The van der Waals surface area contributed by atoms with E-state index in [-0.39, 0.29) is 17.4 Å². The highest BCUT2D eigenvalue weighted by molar-refractivity contribution is 5.95. The van der Waals surface area contributed by atoms with Gasteiger partial charge in [-0.25, -0.2) is 9.07 Å². The van der Waals surface area contributed by atoms with Gasteiger partial charge in [-0.2, -0.15) is 0 Å². The summed E-state index contributed by atoms with van der Waals surface area (Å²) in [5, 5.41) is 11.2. The Labute approximate surface area is 174 Å². The standard InChI is InChI=1S/C23H22FN5O/c1-2-17-8-10-18(11-9-17)15-25-22(30)21-23(28-12-3-4-13-28)29(27-26-21)16-19-6-5-7-20(24)14-19/h3-14H,2,15-16H2,1H3,(H,25,30). The summed E-state index contributed by atoms with van der Waals surface area (Å²) in [6.45, 7) is 2.79. The van der Waals surface area contributed by atoms with Crippen molar-refractivity contribution in [2.24, 2.45) is 0 Å². The second-order valence-corrected chi connectivity index (χ2v) is 6.99. The van der Waals surface area contributed by atoms with Crippen LogP contribution in [-0.2, 0) is 19.5 Å². The van der Waals surface area contributed by atoms with Gasteiger partial charge in [-0.05, 0) is 47.4 Å². The van der Waals surface area contributed by atoms with Crippen molar-refractivity contribution in [1.29, 1.82) is 0 Å². The molecule has 0 radical (unpaired) electrons. The predicted molar refractivity (Wildman–Crippen MR) is 112 cm³/mol. The molecule has 0 saturated heterocycles. The monoisotopic (exact) mass is 403 g/mol. The minimum atomic E-state index is -0.317. The molecule has 7 heteroatoms. The predicted octanol–water partition coefficient (Wildman–Crippen LogP) is 3.75. The maximum atomic E-state index is 13.6. The molecule has 0 spiro atoms. The van der Waals surface area contributed by atoms with E-state index in [1.165, 1.54) is 17.7 Å². The molecule has 4 rings (SSSR count). The van der Waals surface area contributed by atoms with Gasteiger partial charge in [0.2, 0.25) is 0 Å². The first kappa shape index (κ1) is 19.6. The number of hydrogen-bond donors (Lipinski definition) is 1. The van der Waals surface area contributed by atoms with Crippen LogP contribution in [0.2, 0.25) is 0 Å². The smallest absolute Gasteiger partial charge is 0.276 e. The molecule has 2 aromatic carbocycles. The molecule has 4 aromatic rings. The van der Waals surface area contributed by atoms with Gasteiger partial charge in [-0.3, -0.25) is 4.79 Å².